The van der Waals surface area contributed by atoms with Crippen LogP contribution >= 0.6 is 24.0 Å². The maximum Gasteiger partial charge on any atom is 0.328 e. The fraction of sp³-hybridized carbons (Fsp3) is 0.476. The molecule has 0 bridgehead atoms. The molecule has 29 heavy (non-hydrogen) atoms. The van der Waals surface area contributed by atoms with E-state index in [1.165, 1.54) is 18.1 Å². The first-order valence-electron chi connectivity index (χ1n) is 9.77. The highest BCUT2D eigenvalue weighted by molar-refractivity contribution is 7.98. The number of thioether (sulfide) groups is 1. The third kappa shape index (κ3) is 5.30. The second-order valence-electron chi connectivity index (χ2n) is 7.10. The number of aryl methyl sites for hydroxylation is 1. The molecule has 1 aromatic carbocycles. The van der Waals surface area contributed by atoms with Crippen LogP contribution in [0.15, 0.2) is 30.3 Å². The number of hydrogen-bond acceptors (Lipinski definition) is 6. The van der Waals surface area contributed by atoms with Crippen LogP contribution in [0.1, 0.15) is 12.0 Å². The standard InChI is InChI=1S/C21H28N4O2S2/c1-15-14-19(22-17-7-5-4-6-16(15)17)24-9-11-25(12-10-24)21(28)23-18(8-13-29-3)20(26)27-2/h4-7,14,18H,8-13H2,1-3H3,(H,23,28)/t18-/m1/s1. The van der Waals surface area contributed by atoms with E-state index in [2.05, 4.69) is 40.2 Å². The predicted molar refractivity (Wildman–Crippen MR) is 125 cm³/mol. The molecule has 1 N–H and O–H groups in total. The van der Waals surface area contributed by atoms with E-state index in [1.807, 2.05) is 18.4 Å². The Morgan fingerprint density at radius 3 is 2.72 bits per heavy atom. The highest BCUT2D eigenvalue weighted by Gasteiger charge is 2.25. The van der Waals surface area contributed by atoms with Gasteiger partial charge in [-0.3, -0.25) is 0 Å². The zero-order chi connectivity index (χ0) is 20.8. The van der Waals surface area contributed by atoms with Gasteiger partial charge in [0.1, 0.15) is 11.9 Å². The lowest BCUT2D eigenvalue weighted by Gasteiger charge is -2.37. The molecule has 1 saturated heterocycles. The number of fused-ring (bicyclic) bond motifs is 1. The van der Waals surface area contributed by atoms with Crippen LogP contribution in [0.5, 0.6) is 0 Å². The number of benzene rings is 1. The highest BCUT2D eigenvalue weighted by atomic mass is 32.2. The molecule has 2 aromatic rings. The normalized spacial score (nSPS) is 15.3. The molecular weight excluding hydrogens is 404 g/mol. The van der Waals surface area contributed by atoms with Gasteiger partial charge in [0, 0.05) is 31.6 Å². The molecular formula is C21H28N4O2S2. The minimum Gasteiger partial charge on any atom is -0.467 e. The van der Waals surface area contributed by atoms with Crippen LogP contribution in [-0.2, 0) is 9.53 Å². The number of aromatic nitrogens is 1. The summed E-state index contributed by atoms with van der Waals surface area (Å²) >= 11 is 7.28. The van der Waals surface area contributed by atoms with Crippen molar-refractivity contribution in [3.63, 3.8) is 0 Å². The Balaban J connectivity index is 1.61. The number of piperazine rings is 1. The Labute approximate surface area is 182 Å². The predicted octanol–water partition coefficient (Wildman–Crippen LogP) is 2.83. The molecule has 1 aromatic heterocycles. The number of thiocarbonyl (C=S) groups is 1. The summed E-state index contributed by atoms with van der Waals surface area (Å²) < 4.78 is 4.91. The van der Waals surface area contributed by atoms with E-state index in [4.69, 9.17) is 21.9 Å². The van der Waals surface area contributed by atoms with E-state index in [9.17, 15) is 4.79 Å². The lowest BCUT2D eigenvalue weighted by Crippen LogP contribution is -2.55. The number of methoxy groups -OCH3 is 1. The number of nitrogens with zero attached hydrogens (tertiary/aromatic N) is 3. The second kappa shape index (κ2) is 10.1. The van der Waals surface area contributed by atoms with Crippen LogP contribution in [0.2, 0.25) is 0 Å². The molecule has 0 amide bonds. The molecule has 156 valence electrons. The number of esters is 1. The highest BCUT2D eigenvalue weighted by Crippen LogP contribution is 2.23. The molecule has 1 aliphatic rings. The van der Waals surface area contributed by atoms with E-state index in [1.54, 1.807) is 11.8 Å². The Bertz CT molecular complexity index is 869. The number of hydrogen-bond donors (Lipinski definition) is 1. The molecule has 6 nitrogen and oxygen atoms in total. The number of pyridine rings is 1. The zero-order valence-electron chi connectivity index (χ0n) is 17.2. The summed E-state index contributed by atoms with van der Waals surface area (Å²) in [6.07, 6.45) is 2.71. The van der Waals surface area contributed by atoms with Crippen molar-refractivity contribution in [1.29, 1.82) is 0 Å². The van der Waals surface area contributed by atoms with Crippen molar-refractivity contribution in [3.8, 4) is 0 Å². The van der Waals surface area contributed by atoms with E-state index >= 15 is 0 Å². The maximum absolute atomic E-state index is 12.0. The smallest absolute Gasteiger partial charge is 0.328 e. The number of anilines is 1. The summed E-state index contributed by atoms with van der Waals surface area (Å²) in [7, 11) is 1.41. The zero-order valence-corrected chi connectivity index (χ0v) is 18.8. The maximum atomic E-state index is 12.0. The monoisotopic (exact) mass is 432 g/mol. The first-order valence-corrected chi connectivity index (χ1v) is 11.6. The first kappa shape index (κ1) is 21.6. The number of nitrogens with one attached hydrogen (secondary N) is 1. The molecule has 0 unspecified atom stereocenters. The van der Waals surface area contributed by atoms with Crippen molar-refractivity contribution in [3.05, 3.63) is 35.9 Å². The van der Waals surface area contributed by atoms with Crippen molar-refractivity contribution in [2.75, 3.05) is 50.2 Å². The number of ether oxygens (including phenoxy) is 1. The minimum absolute atomic E-state index is 0.268. The Morgan fingerprint density at radius 2 is 2.03 bits per heavy atom. The summed E-state index contributed by atoms with van der Waals surface area (Å²) in [5.41, 5.74) is 2.26. The molecule has 0 saturated carbocycles. The summed E-state index contributed by atoms with van der Waals surface area (Å²) in [6.45, 7) is 5.37. The molecule has 1 atom stereocenters. The summed E-state index contributed by atoms with van der Waals surface area (Å²) in [4.78, 5) is 21.3. The van der Waals surface area contributed by atoms with Gasteiger partial charge < -0.3 is 19.9 Å². The molecule has 0 radical (unpaired) electrons. The van der Waals surface area contributed by atoms with E-state index in [-0.39, 0.29) is 5.97 Å². The quantitative estimate of drug-likeness (QED) is 0.552. The van der Waals surface area contributed by atoms with Crippen LogP contribution in [0.3, 0.4) is 0 Å². The molecule has 0 spiro atoms. The largest absolute Gasteiger partial charge is 0.467 e. The fourth-order valence-corrected chi connectivity index (χ4v) is 4.30. The number of rotatable bonds is 6. The van der Waals surface area contributed by atoms with Gasteiger partial charge in [-0.25, -0.2) is 9.78 Å². The number of carbonyl (C=O) groups excluding carboxylic acids is 1. The second-order valence-corrected chi connectivity index (χ2v) is 8.47. The summed E-state index contributed by atoms with van der Waals surface area (Å²) in [5.74, 6) is 1.61. The van der Waals surface area contributed by atoms with Gasteiger partial charge in [-0.15, -0.1) is 0 Å². The number of para-hydroxylation sites is 1. The van der Waals surface area contributed by atoms with Crippen LogP contribution in [0.4, 0.5) is 5.82 Å². The summed E-state index contributed by atoms with van der Waals surface area (Å²) in [5, 5.41) is 5.00. The first-order chi connectivity index (χ1) is 14.0. The van der Waals surface area contributed by atoms with E-state index in [0.717, 1.165) is 43.3 Å². The van der Waals surface area contributed by atoms with Gasteiger partial charge in [0.25, 0.3) is 0 Å². The third-order valence-electron chi connectivity index (χ3n) is 5.19. The van der Waals surface area contributed by atoms with Crippen molar-refractivity contribution < 1.29 is 9.53 Å². The van der Waals surface area contributed by atoms with Crippen LogP contribution in [-0.4, -0.2) is 72.3 Å². The number of carbonyl (C=O) groups is 1. The fourth-order valence-electron chi connectivity index (χ4n) is 3.50. The van der Waals surface area contributed by atoms with Gasteiger partial charge >= 0.3 is 5.97 Å². The van der Waals surface area contributed by atoms with Gasteiger partial charge in [0.15, 0.2) is 5.11 Å². The average molecular weight is 433 g/mol. The molecule has 8 heteroatoms. The SMILES string of the molecule is COC(=O)[C@@H](CCSC)NC(=S)N1CCN(c2cc(C)c3ccccc3n2)CC1. The van der Waals surface area contributed by atoms with Crippen LogP contribution < -0.4 is 10.2 Å². The topological polar surface area (TPSA) is 57.7 Å². The van der Waals surface area contributed by atoms with E-state index < -0.39 is 6.04 Å². The van der Waals surface area contributed by atoms with Crippen molar-refractivity contribution >= 4 is 51.8 Å². The molecule has 1 aliphatic heterocycles. The van der Waals surface area contributed by atoms with Gasteiger partial charge in [-0.05, 0) is 55.3 Å². The molecule has 2 heterocycles. The van der Waals surface area contributed by atoms with Crippen LogP contribution in [0, 0.1) is 6.92 Å². The van der Waals surface area contributed by atoms with Gasteiger partial charge in [0.2, 0.25) is 0 Å². The minimum atomic E-state index is -0.400. The van der Waals surface area contributed by atoms with Crippen LogP contribution in [0.25, 0.3) is 10.9 Å². The van der Waals surface area contributed by atoms with E-state index in [0.29, 0.717) is 11.5 Å². The summed E-state index contributed by atoms with van der Waals surface area (Å²) in [6, 6.07) is 9.99. The van der Waals surface area contributed by atoms with Gasteiger partial charge in [-0.1, -0.05) is 18.2 Å². The third-order valence-corrected chi connectivity index (χ3v) is 6.21. The lowest BCUT2D eigenvalue weighted by molar-refractivity contribution is -0.142. The van der Waals surface area contributed by atoms with Crippen molar-refractivity contribution in [2.45, 2.75) is 19.4 Å². The van der Waals surface area contributed by atoms with Crippen molar-refractivity contribution in [2.24, 2.45) is 0 Å². The molecule has 3 rings (SSSR count). The molecule has 0 aliphatic carbocycles. The average Bonchev–Trinajstić information content (AvgIpc) is 2.76. The Hall–Kier alpha value is -2.06. The lowest BCUT2D eigenvalue weighted by atomic mass is 10.1. The van der Waals surface area contributed by atoms with Gasteiger partial charge in [-0.2, -0.15) is 11.8 Å². The molecule has 1 fully saturated rings. The van der Waals surface area contributed by atoms with Gasteiger partial charge in [0.05, 0.1) is 12.6 Å². The van der Waals surface area contributed by atoms with Crippen molar-refractivity contribution in [1.82, 2.24) is 15.2 Å². The Kier molecular flexibility index (Phi) is 7.55. The Morgan fingerprint density at radius 1 is 1.31 bits per heavy atom.